The summed E-state index contributed by atoms with van der Waals surface area (Å²) < 4.78 is 5.39. The van der Waals surface area contributed by atoms with Crippen LogP contribution in [-0.2, 0) is 24.1 Å². The minimum Gasteiger partial charge on any atom is -0.497 e. The first kappa shape index (κ1) is 21.0. The molecule has 0 fully saturated rings. The van der Waals surface area contributed by atoms with Crippen LogP contribution >= 0.6 is 0 Å². The molecule has 31 heavy (non-hydrogen) atoms. The van der Waals surface area contributed by atoms with Crippen molar-refractivity contribution in [3.05, 3.63) is 71.0 Å². The van der Waals surface area contributed by atoms with E-state index in [0.29, 0.717) is 12.2 Å². The van der Waals surface area contributed by atoms with Crippen molar-refractivity contribution >= 4 is 11.7 Å². The quantitative estimate of drug-likeness (QED) is 0.575. The summed E-state index contributed by atoms with van der Waals surface area (Å²) in [6, 6.07) is 16.3. The van der Waals surface area contributed by atoms with Gasteiger partial charge in [0.2, 0.25) is 5.91 Å². The number of fused-ring (bicyclic) bond motifs is 3. The van der Waals surface area contributed by atoms with Crippen molar-refractivity contribution < 1.29 is 9.53 Å². The van der Waals surface area contributed by atoms with Crippen molar-refractivity contribution in [3.8, 4) is 17.0 Å². The van der Waals surface area contributed by atoms with Crippen LogP contribution in [0.25, 0.3) is 11.3 Å². The van der Waals surface area contributed by atoms with Crippen LogP contribution in [0.3, 0.4) is 0 Å². The fourth-order valence-corrected chi connectivity index (χ4v) is 4.10. The van der Waals surface area contributed by atoms with Crippen LogP contribution in [0.2, 0.25) is 0 Å². The Bertz CT molecular complexity index is 1080. The Morgan fingerprint density at radius 1 is 1.13 bits per heavy atom. The zero-order valence-electron chi connectivity index (χ0n) is 18.4. The van der Waals surface area contributed by atoms with E-state index in [9.17, 15) is 4.79 Å². The highest BCUT2D eigenvalue weighted by Gasteiger charge is 2.24. The third-order valence-electron chi connectivity index (χ3n) is 5.86. The molecule has 1 unspecified atom stereocenters. The maximum Gasteiger partial charge on any atom is 0.228 e. The van der Waals surface area contributed by atoms with Gasteiger partial charge in [-0.05, 0) is 48.6 Å². The van der Waals surface area contributed by atoms with Gasteiger partial charge in [0.1, 0.15) is 5.75 Å². The number of rotatable bonds is 7. The Labute approximate surface area is 183 Å². The number of hydrogen-bond donors (Lipinski definition) is 1. The first-order chi connectivity index (χ1) is 15.1. The molecule has 0 aliphatic heterocycles. The summed E-state index contributed by atoms with van der Waals surface area (Å²) in [6.07, 6.45) is 4.12. The average molecular weight is 416 g/mol. The van der Waals surface area contributed by atoms with Crippen LogP contribution in [0.5, 0.6) is 5.75 Å². The number of nitrogens with zero attached hydrogens (tertiary/aromatic N) is 2. The Morgan fingerprint density at radius 3 is 2.68 bits per heavy atom. The van der Waals surface area contributed by atoms with Crippen LogP contribution in [-0.4, -0.2) is 23.0 Å². The van der Waals surface area contributed by atoms with E-state index < -0.39 is 0 Å². The van der Waals surface area contributed by atoms with E-state index in [1.54, 1.807) is 7.11 Å². The molecule has 2 aromatic carbocycles. The fraction of sp³-hybridized carbons (Fsp3) is 0.346. The van der Waals surface area contributed by atoms with Gasteiger partial charge in [0.05, 0.1) is 24.2 Å². The highest BCUT2D eigenvalue weighted by molar-refractivity contribution is 5.92. The van der Waals surface area contributed by atoms with Gasteiger partial charge in [-0.25, -0.2) is 9.97 Å². The lowest BCUT2D eigenvalue weighted by atomic mass is 9.91. The number of aromatic nitrogens is 2. The molecule has 0 radical (unpaired) electrons. The minimum atomic E-state index is -0.0550. The van der Waals surface area contributed by atoms with E-state index in [1.807, 2.05) is 31.2 Å². The predicted octanol–water partition coefficient (Wildman–Crippen LogP) is 5.22. The molecule has 0 saturated carbocycles. The molecule has 1 aliphatic rings. The smallest absolute Gasteiger partial charge is 0.228 e. The van der Waals surface area contributed by atoms with E-state index in [0.717, 1.165) is 59.6 Å². The Balaban J connectivity index is 1.75. The van der Waals surface area contributed by atoms with Crippen LogP contribution in [0.15, 0.2) is 48.5 Å². The molecule has 0 bridgehead atoms. The number of nitrogens with one attached hydrogen (secondary N) is 1. The first-order valence-corrected chi connectivity index (χ1v) is 11.0. The van der Waals surface area contributed by atoms with Gasteiger partial charge in [-0.3, -0.25) is 4.79 Å². The van der Waals surface area contributed by atoms with E-state index in [-0.39, 0.29) is 11.8 Å². The molecule has 1 aliphatic carbocycles. The van der Waals surface area contributed by atoms with E-state index >= 15 is 0 Å². The van der Waals surface area contributed by atoms with Gasteiger partial charge in [0.25, 0.3) is 0 Å². The predicted molar refractivity (Wildman–Crippen MR) is 123 cm³/mol. The number of benzene rings is 2. The van der Waals surface area contributed by atoms with Crippen molar-refractivity contribution in [2.24, 2.45) is 5.92 Å². The number of ether oxygens (including phenoxy) is 1. The van der Waals surface area contributed by atoms with Crippen LogP contribution < -0.4 is 10.1 Å². The number of methoxy groups -OCH3 is 1. The average Bonchev–Trinajstić information content (AvgIpc) is 2.79. The van der Waals surface area contributed by atoms with Gasteiger partial charge in [-0.1, -0.05) is 50.6 Å². The first-order valence-electron chi connectivity index (χ1n) is 11.0. The Morgan fingerprint density at radius 2 is 1.94 bits per heavy atom. The van der Waals surface area contributed by atoms with Crippen LogP contribution in [0, 0.1) is 5.92 Å². The maximum atomic E-state index is 12.8. The summed E-state index contributed by atoms with van der Waals surface area (Å²) >= 11 is 0. The molecule has 1 aromatic heterocycles. The van der Waals surface area contributed by atoms with Crippen molar-refractivity contribution in [2.75, 3.05) is 12.4 Å². The molecule has 1 amide bonds. The standard InChI is InChI=1S/C26H29N3O2/c1-4-8-17(2)26(30)29-25-23(15-18-9-6-5-7-10-18)27-24-21-13-12-20(31-3)16-19(21)11-14-22(24)28-25/h5-7,9-10,12-13,16-17H,4,8,11,14-15H2,1-3H3,(H,28,29,30). The number of amides is 1. The van der Waals surface area contributed by atoms with E-state index in [1.165, 1.54) is 5.56 Å². The molecular formula is C26H29N3O2. The SMILES string of the molecule is CCCC(C)C(=O)Nc1nc2c(nc1Cc1ccccc1)-c1ccc(OC)cc1CC2. The van der Waals surface area contributed by atoms with Gasteiger partial charge in [-0.15, -0.1) is 0 Å². The van der Waals surface area contributed by atoms with Gasteiger partial charge >= 0.3 is 0 Å². The largest absolute Gasteiger partial charge is 0.497 e. The Hall–Kier alpha value is -3.21. The van der Waals surface area contributed by atoms with E-state index in [4.69, 9.17) is 14.7 Å². The molecule has 5 heteroatoms. The maximum absolute atomic E-state index is 12.8. The minimum absolute atomic E-state index is 0.00589. The molecule has 0 spiro atoms. The van der Waals surface area contributed by atoms with Gasteiger partial charge in [0, 0.05) is 17.9 Å². The fourth-order valence-electron chi connectivity index (χ4n) is 4.10. The third kappa shape index (κ3) is 4.61. The van der Waals surface area contributed by atoms with Crippen LogP contribution in [0.4, 0.5) is 5.82 Å². The second kappa shape index (κ2) is 9.29. The van der Waals surface area contributed by atoms with Crippen molar-refractivity contribution in [2.45, 2.75) is 46.0 Å². The summed E-state index contributed by atoms with van der Waals surface area (Å²) in [4.78, 5) is 22.7. The lowest BCUT2D eigenvalue weighted by molar-refractivity contribution is -0.119. The molecule has 1 N–H and O–H groups in total. The molecule has 160 valence electrons. The summed E-state index contributed by atoms with van der Waals surface area (Å²) in [7, 11) is 1.69. The number of anilines is 1. The normalized spacial score (nSPS) is 13.1. The molecule has 5 nitrogen and oxygen atoms in total. The topological polar surface area (TPSA) is 64.1 Å². The third-order valence-corrected chi connectivity index (χ3v) is 5.86. The number of aryl methyl sites for hydroxylation is 2. The molecule has 1 heterocycles. The highest BCUT2D eigenvalue weighted by atomic mass is 16.5. The lowest BCUT2D eigenvalue weighted by Crippen LogP contribution is -2.23. The van der Waals surface area contributed by atoms with Gasteiger partial charge < -0.3 is 10.1 Å². The second-order valence-corrected chi connectivity index (χ2v) is 8.18. The molecule has 0 saturated heterocycles. The number of carbonyl (C=O) groups excluding carboxylic acids is 1. The molecule has 3 aromatic rings. The summed E-state index contributed by atoms with van der Waals surface area (Å²) in [5.74, 6) is 1.40. The summed E-state index contributed by atoms with van der Waals surface area (Å²) in [5.41, 5.74) is 6.11. The van der Waals surface area contributed by atoms with E-state index in [2.05, 4.69) is 36.5 Å². The zero-order chi connectivity index (χ0) is 21.8. The zero-order valence-corrected chi connectivity index (χ0v) is 18.4. The molecular weight excluding hydrogens is 386 g/mol. The van der Waals surface area contributed by atoms with Gasteiger partial charge in [-0.2, -0.15) is 0 Å². The van der Waals surface area contributed by atoms with Crippen LogP contribution in [0.1, 0.15) is 49.2 Å². The van der Waals surface area contributed by atoms with Gasteiger partial charge in [0.15, 0.2) is 5.82 Å². The van der Waals surface area contributed by atoms with Crippen molar-refractivity contribution in [1.82, 2.24) is 9.97 Å². The Kier molecular flexibility index (Phi) is 6.31. The monoisotopic (exact) mass is 415 g/mol. The molecule has 4 rings (SSSR count). The van der Waals surface area contributed by atoms with Crippen molar-refractivity contribution in [3.63, 3.8) is 0 Å². The summed E-state index contributed by atoms with van der Waals surface area (Å²) in [6.45, 7) is 4.06. The second-order valence-electron chi connectivity index (χ2n) is 8.18. The number of hydrogen-bond acceptors (Lipinski definition) is 4. The highest BCUT2D eigenvalue weighted by Crippen LogP contribution is 2.35. The lowest BCUT2D eigenvalue weighted by Gasteiger charge is -2.22. The molecule has 1 atom stereocenters. The number of carbonyl (C=O) groups is 1. The van der Waals surface area contributed by atoms with Crippen molar-refractivity contribution in [1.29, 1.82) is 0 Å². The summed E-state index contributed by atoms with van der Waals surface area (Å²) in [5, 5.41) is 3.08.